The Morgan fingerprint density at radius 2 is 2.00 bits per heavy atom. The van der Waals surface area contributed by atoms with Gasteiger partial charge < -0.3 is 25.8 Å². The van der Waals surface area contributed by atoms with Crippen molar-refractivity contribution in [3.63, 3.8) is 0 Å². The van der Waals surface area contributed by atoms with E-state index in [9.17, 15) is 19.5 Å². The Kier molecular flexibility index (Phi) is 5.83. The molecule has 196 valence electrons. The summed E-state index contributed by atoms with van der Waals surface area (Å²) < 4.78 is 6.14. The Labute approximate surface area is 220 Å². The molecule has 4 N–H and O–H groups in total. The van der Waals surface area contributed by atoms with Crippen LogP contribution in [0.15, 0.2) is 48.5 Å². The fourth-order valence-corrected chi connectivity index (χ4v) is 6.28. The maximum absolute atomic E-state index is 13.5. The Morgan fingerprint density at radius 3 is 2.76 bits per heavy atom. The first kappa shape index (κ1) is 24.4. The lowest BCUT2D eigenvalue weighted by Gasteiger charge is -2.36. The predicted molar refractivity (Wildman–Crippen MR) is 141 cm³/mol. The van der Waals surface area contributed by atoms with Crippen LogP contribution >= 0.6 is 0 Å². The van der Waals surface area contributed by atoms with Gasteiger partial charge in [0, 0.05) is 41.3 Å². The lowest BCUT2D eigenvalue weighted by molar-refractivity contribution is -0.147. The van der Waals surface area contributed by atoms with E-state index in [-0.39, 0.29) is 18.2 Å². The molecule has 9 heteroatoms. The number of hydrogen-bond acceptors (Lipinski definition) is 6. The zero-order chi connectivity index (χ0) is 26.6. The van der Waals surface area contributed by atoms with E-state index in [2.05, 4.69) is 10.3 Å². The molecule has 1 saturated carbocycles. The van der Waals surface area contributed by atoms with Crippen molar-refractivity contribution < 1.29 is 24.2 Å². The third-order valence-electron chi connectivity index (χ3n) is 8.36. The molecule has 1 saturated heterocycles. The normalized spacial score (nSPS) is 25.8. The number of amides is 2. The van der Waals surface area contributed by atoms with Crippen LogP contribution in [0, 0.1) is 24.2 Å². The molecule has 2 fully saturated rings. The van der Waals surface area contributed by atoms with Crippen LogP contribution in [0.25, 0.3) is 10.9 Å². The molecule has 2 aromatic carbocycles. The van der Waals surface area contributed by atoms with Crippen LogP contribution in [0.4, 0.5) is 5.69 Å². The van der Waals surface area contributed by atoms with Crippen molar-refractivity contribution in [3.05, 3.63) is 65.4 Å². The second kappa shape index (κ2) is 9.09. The summed E-state index contributed by atoms with van der Waals surface area (Å²) in [7, 11) is 0. The number of ether oxygens (including phenoxy) is 1. The number of aliphatic carboxylic acids is 1. The number of carbonyl (C=O) groups is 3. The Morgan fingerprint density at radius 1 is 1.18 bits per heavy atom. The van der Waals surface area contributed by atoms with E-state index in [4.69, 9.17) is 10.5 Å². The topological polar surface area (TPSA) is 135 Å². The molecule has 1 aliphatic carbocycles. The van der Waals surface area contributed by atoms with Crippen LogP contribution in [0.1, 0.15) is 29.7 Å². The number of aromatic nitrogens is 1. The predicted octanol–water partition coefficient (Wildman–Crippen LogP) is 2.57. The molecule has 38 heavy (non-hydrogen) atoms. The number of rotatable bonds is 6. The van der Waals surface area contributed by atoms with Gasteiger partial charge in [-0.25, -0.2) is 0 Å². The van der Waals surface area contributed by atoms with Gasteiger partial charge in [0.2, 0.25) is 11.8 Å². The second-order valence-electron chi connectivity index (χ2n) is 10.8. The van der Waals surface area contributed by atoms with Crippen molar-refractivity contribution in [3.8, 4) is 5.75 Å². The lowest BCUT2D eigenvalue weighted by Crippen LogP contribution is -2.58. The highest BCUT2D eigenvalue weighted by Crippen LogP contribution is 2.58. The number of carbonyl (C=O) groups excluding carboxylic acids is 2. The highest BCUT2D eigenvalue weighted by molar-refractivity contribution is 6.01. The van der Waals surface area contributed by atoms with Crippen molar-refractivity contribution in [1.82, 2.24) is 10.3 Å². The molecule has 4 atom stereocenters. The quantitative estimate of drug-likeness (QED) is 0.460. The number of pyridine rings is 1. The number of nitrogens with zero attached hydrogens (tertiary/aromatic N) is 2. The molecule has 0 bridgehead atoms. The number of anilines is 1. The number of primary amides is 1. The van der Waals surface area contributed by atoms with Gasteiger partial charge in [0.15, 0.2) is 0 Å². The summed E-state index contributed by atoms with van der Waals surface area (Å²) in [6.07, 6.45) is 1.51. The molecule has 1 aromatic heterocycles. The average molecular weight is 515 g/mol. The van der Waals surface area contributed by atoms with Crippen LogP contribution in [0.5, 0.6) is 5.75 Å². The van der Waals surface area contributed by atoms with Gasteiger partial charge in [0.1, 0.15) is 18.4 Å². The van der Waals surface area contributed by atoms with Crippen molar-refractivity contribution in [1.29, 1.82) is 0 Å². The second-order valence-corrected chi connectivity index (χ2v) is 10.8. The summed E-state index contributed by atoms with van der Waals surface area (Å²) in [6, 6.07) is 14.8. The number of hydrogen-bond donors (Lipinski definition) is 3. The number of fused-ring (bicyclic) bond motifs is 2. The van der Waals surface area contributed by atoms with Crippen molar-refractivity contribution >= 4 is 34.4 Å². The molecule has 9 nitrogen and oxygen atoms in total. The number of nitrogens with two attached hydrogens (primary N) is 1. The molecule has 0 radical (unpaired) electrons. The van der Waals surface area contributed by atoms with E-state index < -0.39 is 29.3 Å². The van der Waals surface area contributed by atoms with Crippen molar-refractivity contribution in [2.24, 2.45) is 23.0 Å². The zero-order valence-electron chi connectivity index (χ0n) is 21.1. The fraction of sp³-hybridized carbons (Fsp3) is 0.379. The summed E-state index contributed by atoms with van der Waals surface area (Å²) in [4.78, 5) is 43.6. The van der Waals surface area contributed by atoms with Gasteiger partial charge >= 0.3 is 5.97 Å². The van der Waals surface area contributed by atoms with Gasteiger partial charge in [-0.15, -0.1) is 0 Å². The highest BCUT2D eigenvalue weighted by atomic mass is 16.5. The summed E-state index contributed by atoms with van der Waals surface area (Å²) in [5, 5.41) is 14.1. The zero-order valence-corrected chi connectivity index (χ0v) is 21.1. The van der Waals surface area contributed by atoms with E-state index in [0.717, 1.165) is 33.4 Å². The van der Waals surface area contributed by atoms with Crippen LogP contribution in [0.2, 0.25) is 0 Å². The Hall–Kier alpha value is -3.98. The van der Waals surface area contributed by atoms with E-state index in [1.807, 2.05) is 55.5 Å². The summed E-state index contributed by atoms with van der Waals surface area (Å²) in [5.74, 6) is -2.22. The molecule has 3 aliphatic rings. The van der Waals surface area contributed by atoms with E-state index in [1.54, 1.807) is 4.90 Å². The van der Waals surface area contributed by atoms with Crippen molar-refractivity contribution in [2.45, 2.75) is 38.8 Å². The smallest absolute Gasteiger partial charge is 0.308 e. The van der Waals surface area contributed by atoms with Crippen LogP contribution < -0.4 is 20.7 Å². The minimum atomic E-state index is -1.04. The first-order chi connectivity index (χ1) is 18.3. The standard InChI is InChI=1S/C29H30N4O5/c1-16-10-18(20-4-2-3-5-23(20)32-16)14-38-19-6-7-24-17(11-19)8-9-33(24)27(35)25-21(28(36)37)12-29(15-31-25)13-22(29)26(30)34/h2-7,10-11,21-22,25,31H,8-9,12-15H2,1H3,(H2,30,34)(H,36,37). The molecule has 2 aliphatic heterocycles. The summed E-state index contributed by atoms with van der Waals surface area (Å²) in [6.45, 7) is 3.25. The molecular formula is C29H30N4O5. The molecular weight excluding hydrogens is 484 g/mol. The monoisotopic (exact) mass is 514 g/mol. The minimum absolute atomic E-state index is 0.255. The number of aryl methyl sites for hydroxylation is 1. The third kappa shape index (κ3) is 4.16. The number of piperidine rings is 1. The van der Waals surface area contributed by atoms with Gasteiger partial charge in [-0.2, -0.15) is 0 Å². The van der Waals surface area contributed by atoms with Gasteiger partial charge in [0.05, 0.1) is 11.4 Å². The summed E-state index contributed by atoms with van der Waals surface area (Å²) in [5.41, 5.74) is 9.71. The highest BCUT2D eigenvalue weighted by Gasteiger charge is 2.62. The molecule has 1 spiro atoms. The van der Waals surface area contributed by atoms with Gasteiger partial charge in [0.25, 0.3) is 0 Å². The average Bonchev–Trinajstić information content (AvgIpc) is 3.43. The Bertz CT molecular complexity index is 1470. The number of nitrogens with one attached hydrogen (secondary N) is 1. The van der Waals surface area contributed by atoms with Gasteiger partial charge in [-0.3, -0.25) is 19.4 Å². The minimum Gasteiger partial charge on any atom is -0.489 e. The summed E-state index contributed by atoms with van der Waals surface area (Å²) >= 11 is 0. The maximum atomic E-state index is 13.5. The van der Waals surface area contributed by atoms with E-state index >= 15 is 0 Å². The third-order valence-corrected chi connectivity index (χ3v) is 8.36. The van der Waals surface area contributed by atoms with Crippen LogP contribution in [0.3, 0.4) is 0 Å². The molecule has 4 unspecified atom stereocenters. The largest absolute Gasteiger partial charge is 0.489 e. The van der Waals surface area contributed by atoms with E-state index in [1.165, 1.54) is 0 Å². The number of benzene rings is 2. The number of carboxylic acids is 1. The van der Waals surface area contributed by atoms with Crippen molar-refractivity contribution in [2.75, 3.05) is 18.0 Å². The number of carboxylic acid groups (broad SMARTS) is 1. The lowest BCUT2D eigenvalue weighted by atomic mass is 9.80. The van der Waals surface area contributed by atoms with Crippen LogP contribution in [-0.4, -0.2) is 47.0 Å². The first-order valence-electron chi connectivity index (χ1n) is 12.9. The van der Waals surface area contributed by atoms with Gasteiger partial charge in [-0.1, -0.05) is 18.2 Å². The van der Waals surface area contributed by atoms with Crippen LogP contribution in [-0.2, 0) is 27.4 Å². The first-order valence-corrected chi connectivity index (χ1v) is 12.9. The molecule has 3 heterocycles. The molecule has 3 aromatic rings. The molecule has 6 rings (SSSR count). The molecule has 2 amide bonds. The maximum Gasteiger partial charge on any atom is 0.308 e. The number of para-hydroxylation sites is 1. The van der Waals surface area contributed by atoms with Gasteiger partial charge in [-0.05, 0) is 67.5 Å². The SMILES string of the molecule is Cc1cc(COc2ccc3c(c2)CCN3C(=O)C2NCC3(CC2C(=O)O)CC3C(N)=O)c2ccccc2n1. The fourth-order valence-electron chi connectivity index (χ4n) is 6.28. The Balaban J connectivity index is 1.17. The van der Waals surface area contributed by atoms with E-state index in [0.29, 0.717) is 38.3 Å².